The first-order chi connectivity index (χ1) is 10.5. The van der Waals surface area contributed by atoms with Crippen LogP contribution in [0.5, 0.6) is 5.75 Å². The molecule has 0 aliphatic rings. The third kappa shape index (κ3) is 3.35. The molecule has 2 aromatic carbocycles. The van der Waals surface area contributed by atoms with Crippen LogP contribution in [0.1, 0.15) is 0 Å². The number of anilines is 1. The van der Waals surface area contributed by atoms with Gasteiger partial charge in [0.2, 0.25) is 0 Å². The second-order valence-corrected chi connectivity index (χ2v) is 6.70. The minimum Gasteiger partial charge on any atom is -0.495 e. The number of benzene rings is 2. The van der Waals surface area contributed by atoms with Crippen LogP contribution < -0.4 is 9.04 Å². The van der Waals surface area contributed by atoms with Crippen molar-refractivity contribution < 1.29 is 18.3 Å². The normalized spacial score (nSPS) is 11.2. The van der Waals surface area contributed by atoms with Crippen molar-refractivity contribution in [3.8, 4) is 5.75 Å². The molecule has 0 aliphatic carbocycles. The van der Waals surface area contributed by atoms with Gasteiger partial charge < -0.3 is 9.84 Å². The van der Waals surface area contributed by atoms with Crippen molar-refractivity contribution in [1.29, 1.82) is 0 Å². The fourth-order valence-corrected chi connectivity index (χ4v) is 3.92. The summed E-state index contributed by atoms with van der Waals surface area (Å²) < 4.78 is 32.1. The SMILES string of the molecule is COc1ccc(Cl)cc1S(=O)(=O)N(CCO)c1ccccc1. The van der Waals surface area contributed by atoms with Crippen LogP contribution in [0.25, 0.3) is 0 Å². The number of sulfonamides is 1. The van der Waals surface area contributed by atoms with E-state index >= 15 is 0 Å². The Labute approximate surface area is 134 Å². The monoisotopic (exact) mass is 341 g/mol. The van der Waals surface area contributed by atoms with Crippen molar-refractivity contribution in [2.24, 2.45) is 0 Å². The molecule has 1 N–H and O–H groups in total. The smallest absolute Gasteiger partial charge is 0.268 e. The number of methoxy groups -OCH3 is 1. The highest BCUT2D eigenvalue weighted by molar-refractivity contribution is 7.93. The Morgan fingerprint density at radius 3 is 2.45 bits per heavy atom. The van der Waals surface area contributed by atoms with E-state index < -0.39 is 10.0 Å². The van der Waals surface area contributed by atoms with Gasteiger partial charge in [0.15, 0.2) is 0 Å². The van der Waals surface area contributed by atoms with Crippen LogP contribution in [0.3, 0.4) is 0 Å². The summed E-state index contributed by atoms with van der Waals surface area (Å²) in [6, 6.07) is 12.9. The zero-order chi connectivity index (χ0) is 16.2. The summed E-state index contributed by atoms with van der Waals surface area (Å²) in [6.45, 7) is -0.376. The number of nitrogens with zero attached hydrogens (tertiary/aromatic N) is 1. The largest absolute Gasteiger partial charge is 0.495 e. The van der Waals surface area contributed by atoms with Crippen LogP contribution in [0.4, 0.5) is 5.69 Å². The maximum Gasteiger partial charge on any atom is 0.268 e. The molecule has 0 saturated heterocycles. The van der Waals surface area contributed by atoms with Crippen molar-refractivity contribution >= 4 is 27.3 Å². The van der Waals surface area contributed by atoms with Crippen LogP contribution in [-0.4, -0.2) is 33.8 Å². The first kappa shape index (κ1) is 16.6. The lowest BCUT2D eigenvalue weighted by Gasteiger charge is -2.24. The van der Waals surface area contributed by atoms with E-state index in [9.17, 15) is 13.5 Å². The number of hydrogen-bond donors (Lipinski definition) is 1. The van der Waals surface area contributed by atoms with Gasteiger partial charge in [-0.2, -0.15) is 0 Å². The van der Waals surface area contributed by atoms with Crippen LogP contribution in [0.15, 0.2) is 53.4 Å². The highest BCUT2D eigenvalue weighted by Gasteiger charge is 2.28. The van der Waals surface area contributed by atoms with Crippen molar-refractivity contribution in [3.05, 3.63) is 53.6 Å². The molecule has 0 saturated carbocycles. The second kappa shape index (κ2) is 7.00. The molecule has 2 aromatic rings. The third-order valence-corrected chi connectivity index (χ3v) is 5.12. The van der Waals surface area contributed by atoms with Gasteiger partial charge >= 0.3 is 0 Å². The van der Waals surface area contributed by atoms with E-state index in [1.807, 2.05) is 0 Å². The molecule has 0 spiro atoms. The molecule has 0 bridgehead atoms. The summed E-state index contributed by atoms with van der Waals surface area (Å²) >= 11 is 5.92. The summed E-state index contributed by atoms with van der Waals surface area (Å²) in [4.78, 5) is -0.0418. The molecular weight excluding hydrogens is 326 g/mol. The van der Waals surface area contributed by atoms with Gasteiger partial charge in [-0.05, 0) is 30.3 Å². The van der Waals surface area contributed by atoms with Gasteiger partial charge in [0, 0.05) is 5.02 Å². The molecule has 118 valence electrons. The Morgan fingerprint density at radius 2 is 1.86 bits per heavy atom. The van der Waals surface area contributed by atoms with E-state index in [1.54, 1.807) is 36.4 Å². The van der Waals surface area contributed by atoms with E-state index in [0.717, 1.165) is 4.31 Å². The molecule has 0 amide bonds. The number of para-hydroxylation sites is 1. The molecule has 0 heterocycles. The lowest BCUT2D eigenvalue weighted by Crippen LogP contribution is -2.33. The van der Waals surface area contributed by atoms with E-state index in [2.05, 4.69) is 0 Å². The fourth-order valence-electron chi connectivity index (χ4n) is 2.04. The van der Waals surface area contributed by atoms with Gasteiger partial charge in [-0.3, -0.25) is 4.31 Å². The van der Waals surface area contributed by atoms with Crippen LogP contribution in [0, 0.1) is 0 Å². The van der Waals surface area contributed by atoms with Gasteiger partial charge in [-0.15, -0.1) is 0 Å². The molecule has 0 aliphatic heterocycles. The van der Waals surface area contributed by atoms with Crippen molar-refractivity contribution in [2.45, 2.75) is 4.90 Å². The zero-order valence-corrected chi connectivity index (χ0v) is 13.5. The first-order valence-electron chi connectivity index (χ1n) is 6.53. The summed E-state index contributed by atoms with van der Waals surface area (Å²) in [7, 11) is -2.53. The quantitative estimate of drug-likeness (QED) is 0.876. The van der Waals surface area contributed by atoms with Crippen molar-refractivity contribution in [2.75, 3.05) is 24.6 Å². The second-order valence-electron chi connectivity index (χ2n) is 4.43. The van der Waals surface area contributed by atoms with Gasteiger partial charge in [-0.25, -0.2) is 8.42 Å². The van der Waals surface area contributed by atoms with Crippen LogP contribution >= 0.6 is 11.6 Å². The van der Waals surface area contributed by atoms with Gasteiger partial charge in [0.25, 0.3) is 10.0 Å². The molecule has 0 unspecified atom stereocenters. The zero-order valence-electron chi connectivity index (χ0n) is 11.9. The van der Waals surface area contributed by atoms with Crippen LogP contribution in [-0.2, 0) is 10.0 Å². The molecule has 0 radical (unpaired) electrons. The number of halogens is 1. The summed E-state index contributed by atoms with van der Waals surface area (Å²) in [6.07, 6.45) is 0. The highest BCUT2D eigenvalue weighted by Crippen LogP contribution is 2.31. The Kier molecular flexibility index (Phi) is 5.28. The average Bonchev–Trinajstić information content (AvgIpc) is 2.53. The predicted molar refractivity (Wildman–Crippen MR) is 86.1 cm³/mol. The number of ether oxygens (including phenoxy) is 1. The molecule has 5 nitrogen and oxygen atoms in total. The lowest BCUT2D eigenvalue weighted by atomic mass is 10.3. The molecule has 22 heavy (non-hydrogen) atoms. The predicted octanol–water partition coefficient (Wildman–Crippen LogP) is 2.54. The maximum atomic E-state index is 12.9. The molecule has 0 atom stereocenters. The first-order valence-corrected chi connectivity index (χ1v) is 8.34. The van der Waals surface area contributed by atoms with E-state index in [0.29, 0.717) is 5.69 Å². The fraction of sp³-hybridized carbons (Fsp3) is 0.200. The topological polar surface area (TPSA) is 66.8 Å². The van der Waals surface area contributed by atoms with E-state index in [1.165, 1.54) is 19.2 Å². The van der Waals surface area contributed by atoms with E-state index in [4.69, 9.17) is 16.3 Å². The molecule has 0 fully saturated rings. The Bertz CT molecular complexity index is 734. The Balaban J connectivity index is 2.58. The molecular formula is C15H16ClNO4S. The molecule has 2 rings (SSSR count). The standard InChI is InChI=1S/C15H16ClNO4S/c1-21-14-8-7-12(16)11-15(14)22(19,20)17(9-10-18)13-5-3-2-4-6-13/h2-8,11,18H,9-10H2,1H3. The number of rotatable bonds is 6. The van der Waals surface area contributed by atoms with Crippen molar-refractivity contribution in [3.63, 3.8) is 0 Å². The average molecular weight is 342 g/mol. The molecule has 7 heteroatoms. The highest BCUT2D eigenvalue weighted by atomic mass is 35.5. The summed E-state index contributed by atoms with van der Waals surface area (Å²) in [5, 5.41) is 9.51. The minimum atomic E-state index is -3.92. The van der Waals surface area contributed by atoms with Gasteiger partial charge in [-0.1, -0.05) is 29.8 Å². The Morgan fingerprint density at radius 1 is 1.18 bits per heavy atom. The Hall–Kier alpha value is -1.76. The minimum absolute atomic E-state index is 0.0418. The van der Waals surface area contributed by atoms with E-state index in [-0.39, 0.29) is 28.8 Å². The van der Waals surface area contributed by atoms with Gasteiger partial charge in [0.05, 0.1) is 25.9 Å². The number of aliphatic hydroxyl groups is 1. The maximum absolute atomic E-state index is 12.9. The summed E-state index contributed by atoms with van der Waals surface area (Å²) in [5.41, 5.74) is 0.457. The number of hydrogen-bond acceptors (Lipinski definition) is 4. The molecule has 0 aromatic heterocycles. The number of aliphatic hydroxyl groups excluding tert-OH is 1. The van der Waals surface area contributed by atoms with Gasteiger partial charge in [0.1, 0.15) is 10.6 Å². The lowest BCUT2D eigenvalue weighted by molar-refractivity contribution is 0.306. The summed E-state index contributed by atoms with van der Waals surface area (Å²) in [5.74, 6) is 0.197. The van der Waals surface area contributed by atoms with Crippen molar-refractivity contribution in [1.82, 2.24) is 0 Å². The third-order valence-electron chi connectivity index (χ3n) is 3.04. The van der Waals surface area contributed by atoms with Crippen LogP contribution in [0.2, 0.25) is 5.02 Å².